The summed E-state index contributed by atoms with van der Waals surface area (Å²) < 4.78 is 0. The number of hydrogen-bond acceptors (Lipinski definition) is 2. The molecule has 1 aliphatic carbocycles. The normalized spacial score (nSPS) is 24.7. The first-order valence-corrected chi connectivity index (χ1v) is 4.70. The minimum atomic E-state index is 0.173. The van der Waals surface area contributed by atoms with Crippen molar-refractivity contribution in [1.82, 2.24) is 5.32 Å². The third-order valence-electron chi connectivity index (χ3n) is 2.53. The molecule has 0 aromatic heterocycles. The van der Waals surface area contributed by atoms with E-state index < -0.39 is 0 Å². The number of carbonyl (C=O) groups is 1. The molecule has 13 heavy (non-hydrogen) atoms. The molecule has 0 bridgehead atoms. The van der Waals surface area contributed by atoms with Crippen LogP contribution in [0.15, 0.2) is 12.2 Å². The molecule has 74 valence electrons. The van der Waals surface area contributed by atoms with E-state index in [0.29, 0.717) is 13.1 Å². The molecule has 1 amide bonds. The van der Waals surface area contributed by atoms with Gasteiger partial charge in [-0.3, -0.25) is 4.79 Å². The molecule has 1 aliphatic rings. The predicted molar refractivity (Wildman–Crippen MR) is 53.1 cm³/mol. The third kappa shape index (κ3) is 2.84. The fourth-order valence-corrected chi connectivity index (χ4v) is 1.38. The minimum Gasteiger partial charge on any atom is -0.352 e. The largest absolute Gasteiger partial charge is 0.352 e. The molecule has 0 saturated heterocycles. The fraction of sp³-hybridized carbons (Fsp3) is 0.700. The van der Waals surface area contributed by atoms with Gasteiger partial charge in [0.25, 0.3) is 0 Å². The van der Waals surface area contributed by atoms with Crippen LogP contribution in [-0.4, -0.2) is 19.0 Å². The van der Waals surface area contributed by atoms with Crippen LogP contribution in [0.4, 0.5) is 0 Å². The lowest BCUT2D eigenvalue weighted by Gasteiger charge is -2.03. The van der Waals surface area contributed by atoms with Crippen LogP contribution < -0.4 is 11.1 Å². The maximum Gasteiger partial charge on any atom is 0.223 e. The highest BCUT2D eigenvalue weighted by atomic mass is 16.2. The number of nitrogens with one attached hydrogen (secondary N) is 1. The van der Waals surface area contributed by atoms with Crippen LogP contribution >= 0.6 is 0 Å². The lowest BCUT2D eigenvalue weighted by molar-refractivity contribution is -0.122. The summed E-state index contributed by atoms with van der Waals surface area (Å²) in [5.41, 5.74) is 5.48. The Morgan fingerprint density at radius 3 is 2.69 bits per heavy atom. The number of carbonyl (C=O) groups excluding carboxylic acids is 1. The molecule has 1 saturated carbocycles. The van der Waals surface area contributed by atoms with Crippen molar-refractivity contribution >= 4 is 5.91 Å². The lowest BCUT2D eigenvalue weighted by Crippen LogP contribution is -2.26. The second-order valence-corrected chi connectivity index (χ2v) is 4.20. The average Bonchev–Trinajstić information content (AvgIpc) is 2.69. The molecule has 0 heterocycles. The van der Waals surface area contributed by atoms with Gasteiger partial charge in [0.15, 0.2) is 0 Å². The van der Waals surface area contributed by atoms with Gasteiger partial charge in [0.05, 0.1) is 0 Å². The summed E-state index contributed by atoms with van der Waals surface area (Å²) in [5, 5.41) is 2.85. The number of rotatable bonds is 4. The Hall–Kier alpha value is -0.830. The van der Waals surface area contributed by atoms with Crippen molar-refractivity contribution in [3.63, 3.8) is 0 Å². The summed E-state index contributed by atoms with van der Waals surface area (Å²) in [6.45, 7) is 5.37. The molecule has 0 aromatic carbocycles. The standard InChI is InChI=1S/C10H18N2O/c1-10(2)7-8(10)9(13)12-6-4-3-5-11/h3-4,8H,5-7,11H2,1-2H3,(H,12,13)/b4-3+. The SMILES string of the molecule is CC1(C)CC1C(=O)NC/C=C/CN. The molecular formula is C10H18N2O. The zero-order valence-electron chi connectivity index (χ0n) is 8.34. The van der Waals surface area contributed by atoms with Gasteiger partial charge in [-0.05, 0) is 11.8 Å². The molecular weight excluding hydrogens is 164 g/mol. The van der Waals surface area contributed by atoms with E-state index in [1.807, 2.05) is 12.2 Å². The molecule has 1 rings (SSSR count). The summed E-state index contributed by atoms with van der Waals surface area (Å²) in [4.78, 5) is 11.4. The smallest absolute Gasteiger partial charge is 0.223 e. The second-order valence-electron chi connectivity index (χ2n) is 4.20. The van der Waals surface area contributed by atoms with Crippen LogP contribution in [-0.2, 0) is 4.79 Å². The highest BCUT2D eigenvalue weighted by Gasteiger charge is 2.50. The van der Waals surface area contributed by atoms with E-state index in [9.17, 15) is 4.79 Å². The topological polar surface area (TPSA) is 55.1 Å². The van der Waals surface area contributed by atoms with Gasteiger partial charge in [-0.15, -0.1) is 0 Å². The van der Waals surface area contributed by atoms with Gasteiger partial charge in [-0.25, -0.2) is 0 Å². The monoisotopic (exact) mass is 182 g/mol. The number of nitrogens with two attached hydrogens (primary N) is 1. The van der Waals surface area contributed by atoms with E-state index in [1.54, 1.807) is 0 Å². The van der Waals surface area contributed by atoms with Crippen molar-refractivity contribution in [1.29, 1.82) is 0 Å². The molecule has 3 heteroatoms. The van der Waals surface area contributed by atoms with Gasteiger partial charge in [0.2, 0.25) is 5.91 Å². The Kier molecular flexibility index (Phi) is 3.09. The third-order valence-corrected chi connectivity index (χ3v) is 2.53. The molecule has 0 spiro atoms. The molecule has 0 aromatic rings. The highest BCUT2D eigenvalue weighted by molar-refractivity contribution is 5.82. The maximum atomic E-state index is 11.4. The van der Waals surface area contributed by atoms with Crippen molar-refractivity contribution in [3.05, 3.63) is 12.2 Å². The first-order chi connectivity index (χ1) is 6.08. The van der Waals surface area contributed by atoms with Gasteiger partial charge in [-0.1, -0.05) is 26.0 Å². The Labute approximate surface area is 79.4 Å². The summed E-state index contributed by atoms with van der Waals surface area (Å²) in [6, 6.07) is 0. The summed E-state index contributed by atoms with van der Waals surface area (Å²) in [7, 11) is 0. The van der Waals surface area contributed by atoms with Gasteiger partial charge >= 0.3 is 0 Å². The Balaban J connectivity index is 2.17. The predicted octanol–water partition coefficient (Wildman–Crippen LogP) is 0.664. The van der Waals surface area contributed by atoms with E-state index in [2.05, 4.69) is 19.2 Å². The first kappa shape index (κ1) is 10.3. The molecule has 1 unspecified atom stereocenters. The Bertz CT molecular complexity index is 221. The molecule has 0 radical (unpaired) electrons. The van der Waals surface area contributed by atoms with Crippen LogP contribution in [0.3, 0.4) is 0 Å². The Morgan fingerprint density at radius 2 is 2.23 bits per heavy atom. The van der Waals surface area contributed by atoms with Gasteiger partial charge in [0, 0.05) is 19.0 Å². The minimum absolute atomic E-state index is 0.173. The summed E-state index contributed by atoms with van der Waals surface area (Å²) in [6.07, 6.45) is 4.74. The van der Waals surface area contributed by atoms with Gasteiger partial charge in [-0.2, -0.15) is 0 Å². The van der Waals surface area contributed by atoms with E-state index in [0.717, 1.165) is 6.42 Å². The Morgan fingerprint density at radius 1 is 1.62 bits per heavy atom. The molecule has 1 atom stereocenters. The van der Waals surface area contributed by atoms with Crippen molar-refractivity contribution in [2.24, 2.45) is 17.1 Å². The average molecular weight is 182 g/mol. The quantitative estimate of drug-likeness (QED) is 0.628. The highest BCUT2D eigenvalue weighted by Crippen LogP contribution is 2.51. The maximum absolute atomic E-state index is 11.4. The van der Waals surface area contributed by atoms with Crippen molar-refractivity contribution < 1.29 is 4.79 Å². The van der Waals surface area contributed by atoms with E-state index in [4.69, 9.17) is 5.73 Å². The van der Waals surface area contributed by atoms with E-state index >= 15 is 0 Å². The van der Waals surface area contributed by atoms with Crippen LogP contribution in [0.1, 0.15) is 20.3 Å². The van der Waals surface area contributed by atoms with Crippen LogP contribution in [0.2, 0.25) is 0 Å². The molecule has 1 fully saturated rings. The van der Waals surface area contributed by atoms with Gasteiger partial charge < -0.3 is 11.1 Å². The first-order valence-electron chi connectivity index (χ1n) is 4.70. The molecule has 3 nitrogen and oxygen atoms in total. The lowest BCUT2D eigenvalue weighted by atomic mass is 10.1. The van der Waals surface area contributed by atoms with Crippen molar-refractivity contribution in [2.75, 3.05) is 13.1 Å². The molecule has 0 aliphatic heterocycles. The van der Waals surface area contributed by atoms with Crippen molar-refractivity contribution in [2.45, 2.75) is 20.3 Å². The van der Waals surface area contributed by atoms with Crippen LogP contribution in [0.25, 0.3) is 0 Å². The fourth-order valence-electron chi connectivity index (χ4n) is 1.38. The zero-order valence-corrected chi connectivity index (χ0v) is 8.34. The number of amides is 1. The van der Waals surface area contributed by atoms with Gasteiger partial charge in [0.1, 0.15) is 0 Å². The van der Waals surface area contributed by atoms with E-state index in [1.165, 1.54) is 0 Å². The van der Waals surface area contributed by atoms with Crippen molar-refractivity contribution in [3.8, 4) is 0 Å². The zero-order chi connectivity index (χ0) is 9.90. The second kappa shape index (κ2) is 3.92. The van der Waals surface area contributed by atoms with Crippen LogP contribution in [0, 0.1) is 11.3 Å². The summed E-state index contributed by atoms with van der Waals surface area (Å²) >= 11 is 0. The van der Waals surface area contributed by atoms with E-state index in [-0.39, 0.29) is 17.2 Å². The molecule has 3 N–H and O–H groups in total. The van der Waals surface area contributed by atoms with Crippen LogP contribution in [0.5, 0.6) is 0 Å². The number of hydrogen-bond donors (Lipinski definition) is 2. The summed E-state index contributed by atoms with van der Waals surface area (Å²) in [5.74, 6) is 0.394.